The summed E-state index contributed by atoms with van der Waals surface area (Å²) in [5, 5.41) is 2.47. The van der Waals surface area contributed by atoms with Crippen LogP contribution in [-0.2, 0) is 0 Å². The maximum atomic E-state index is 3.46. The summed E-state index contributed by atoms with van der Waals surface area (Å²) >= 11 is 3.46. The Morgan fingerprint density at radius 3 is 2.54 bits per heavy atom. The van der Waals surface area contributed by atoms with Crippen molar-refractivity contribution in [1.29, 1.82) is 0 Å². The quantitative estimate of drug-likeness (QED) is 0.776. The van der Waals surface area contributed by atoms with Gasteiger partial charge in [-0.15, -0.1) is 0 Å². The maximum absolute atomic E-state index is 3.46. The van der Waals surface area contributed by atoms with E-state index in [1.165, 1.54) is 35.8 Å². The molecule has 1 aliphatic heterocycles. The van der Waals surface area contributed by atoms with Crippen molar-refractivity contribution in [3.63, 3.8) is 0 Å². The molecule has 0 aliphatic carbocycles. The second-order valence-corrected chi connectivity index (χ2v) is 4.59. The fourth-order valence-electron chi connectivity index (χ4n) is 1.96. The molecule has 0 bridgehead atoms. The van der Waals surface area contributed by atoms with Crippen LogP contribution in [-0.4, -0.2) is 6.54 Å². The minimum Gasteiger partial charge on any atom is -0.340 e. The molecule has 0 aromatic heterocycles. The summed E-state index contributed by atoms with van der Waals surface area (Å²) in [6.07, 6.45) is 4.10. The molecule has 0 spiro atoms. The van der Waals surface area contributed by atoms with Gasteiger partial charge in [0.2, 0.25) is 0 Å². The van der Waals surface area contributed by atoms with Crippen LogP contribution >= 0.6 is 15.9 Å². The summed E-state index contributed by atoms with van der Waals surface area (Å²) in [7, 11) is 0. The molecule has 1 atom stereocenters. The number of nitrogens with two attached hydrogens (primary N) is 1. The van der Waals surface area contributed by atoms with Gasteiger partial charge >= 0.3 is 0 Å². The van der Waals surface area contributed by atoms with Gasteiger partial charge in [-0.3, -0.25) is 0 Å². The van der Waals surface area contributed by atoms with E-state index in [2.05, 4.69) is 45.5 Å². The van der Waals surface area contributed by atoms with Crippen molar-refractivity contribution in [3.05, 3.63) is 34.3 Å². The first-order valence-corrected chi connectivity index (χ1v) is 5.74. The lowest BCUT2D eigenvalue weighted by molar-refractivity contribution is -0.704. The highest BCUT2D eigenvalue weighted by Crippen LogP contribution is 2.19. The fraction of sp³-hybridized carbons (Fsp3) is 0.455. The average molecular weight is 241 g/mol. The zero-order valence-electron chi connectivity index (χ0n) is 7.67. The molecule has 1 fully saturated rings. The lowest BCUT2D eigenvalue weighted by Crippen LogP contribution is -2.86. The Kier molecular flexibility index (Phi) is 3.01. The molecule has 1 saturated heterocycles. The predicted octanol–water partition coefficient (Wildman–Crippen LogP) is 2.24. The summed E-state index contributed by atoms with van der Waals surface area (Å²) in [5.41, 5.74) is 1.47. The van der Waals surface area contributed by atoms with Gasteiger partial charge < -0.3 is 5.32 Å². The van der Waals surface area contributed by atoms with Crippen molar-refractivity contribution in [2.24, 2.45) is 0 Å². The van der Waals surface area contributed by atoms with Gasteiger partial charge in [0.1, 0.15) is 6.04 Å². The van der Waals surface area contributed by atoms with Crippen molar-refractivity contribution < 1.29 is 5.32 Å². The largest absolute Gasteiger partial charge is 0.340 e. The molecule has 2 heteroatoms. The van der Waals surface area contributed by atoms with Crippen molar-refractivity contribution >= 4 is 15.9 Å². The zero-order chi connectivity index (χ0) is 9.10. The van der Waals surface area contributed by atoms with E-state index in [9.17, 15) is 0 Å². The molecule has 13 heavy (non-hydrogen) atoms. The molecule has 2 N–H and O–H groups in total. The van der Waals surface area contributed by atoms with E-state index in [4.69, 9.17) is 0 Å². The summed E-state index contributed by atoms with van der Waals surface area (Å²) < 4.78 is 1.17. The Labute approximate surface area is 87.7 Å². The van der Waals surface area contributed by atoms with Crippen LogP contribution in [0.2, 0.25) is 0 Å². The van der Waals surface area contributed by atoms with Gasteiger partial charge in [-0.1, -0.05) is 28.1 Å². The third kappa shape index (κ3) is 2.32. The van der Waals surface area contributed by atoms with Crippen LogP contribution in [0.25, 0.3) is 0 Å². The van der Waals surface area contributed by atoms with Crippen LogP contribution in [0.1, 0.15) is 30.9 Å². The third-order valence-electron chi connectivity index (χ3n) is 2.72. The Balaban J connectivity index is 2.10. The summed E-state index contributed by atoms with van der Waals surface area (Å²) in [4.78, 5) is 0. The predicted molar refractivity (Wildman–Crippen MR) is 57.5 cm³/mol. The zero-order valence-corrected chi connectivity index (χ0v) is 9.26. The highest BCUT2D eigenvalue weighted by Gasteiger charge is 2.17. The van der Waals surface area contributed by atoms with Crippen molar-refractivity contribution in [3.8, 4) is 0 Å². The van der Waals surface area contributed by atoms with Crippen LogP contribution in [0.3, 0.4) is 0 Å². The van der Waals surface area contributed by atoms with Gasteiger partial charge in [0.05, 0.1) is 6.54 Å². The molecule has 1 aromatic rings. The molecule has 0 amide bonds. The van der Waals surface area contributed by atoms with E-state index in [1.807, 2.05) is 0 Å². The Hall–Kier alpha value is -0.340. The molecular weight excluding hydrogens is 226 g/mol. The number of hydrogen-bond acceptors (Lipinski definition) is 0. The molecule has 1 heterocycles. The number of rotatable bonds is 1. The molecule has 0 unspecified atom stereocenters. The second kappa shape index (κ2) is 4.25. The van der Waals surface area contributed by atoms with Crippen molar-refractivity contribution in [2.45, 2.75) is 25.3 Å². The Bertz CT molecular complexity index is 262. The van der Waals surface area contributed by atoms with E-state index in [0.29, 0.717) is 6.04 Å². The minimum atomic E-state index is 0.710. The summed E-state index contributed by atoms with van der Waals surface area (Å²) in [6, 6.07) is 9.45. The molecule has 70 valence electrons. The average Bonchev–Trinajstić information content (AvgIpc) is 2.20. The van der Waals surface area contributed by atoms with Crippen LogP contribution < -0.4 is 5.32 Å². The smallest absolute Gasteiger partial charge is 0.112 e. The summed E-state index contributed by atoms with van der Waals surface area (Å²) in [5.74, 6) is 0. The molecule has 2 rings (SSSR count). The van der Waals surface area contributed by atoms with E-state index in [0.717, 1.165) is 0 Å². The van der Waals surface area contributed by atoms with E-state index >= 15 is 0 Å². The first-order valence-electron chi connectivity index (χ1n) is 4.95. The first kappa shape index (κ1) is 9.22. The molecule has 1 nitrogen and oxygen atoms in total. The topological polar surface area (TPSA) is 16.6 Å². The highest BCUT2D eigenvalue weighted by molar-refractivity contribution is 9.10. The molecule has 0 radical (unpaired) electrons. The van der Waals surface area contributed by atoms with Crippen molar-refractivity contribution in [2.75, 3.05) is 6.54 Å². The molecule has 0 saturated carbocycles. The number of quaternary nitrogens is 1. The van der Waals surface area contributed by atoms with Gasteiger partial charge in [0.25, 0.3) is 0 Å². The molecule has 1 aliphatic rings. The standard InChI is InChI=1S/C11H14BrN/c12-10-6-4-9(5-7-10)11-3-1-2-8-13-11/h4-7,11,13H,1-3,8H2/p+1/t11-/m1/s1. The van der Waals surface area contributed by atoms with Gasteiger partial charge in [0.15, 0.2) is 0 Å². The minimum absolute atomic E-state index is 0.710. The number of benzene rings is 1. The van der Waals surface area contributed by atoms with E-state index in [1.54, 1.807) is 0 Å². The first-order chi connectivity index (χ1) is 6.36. The SMILES string of the molecule is Brc1ccc([C@H]2CCCC[NH2+]2)cc1. The third-order valence-corrected chi connectivity index (χ3v) is 3.25. The van der Waals surface area contributed by atoms with Crippen LogP contribution in [0, 0.1) is 0 Å². The number of hydrogen-bond donors (Lipinski definition) is 1. The Morgan fingerprint density at radius 2 is 1.92 bits per heavy atom. The van der Waals surface area contributed by atoms with Gasteiger partial charge in [-0.25, -0.2) is 0 Å². The van der Waals surface area contributed by atoms with Crippen LogP contribution in [0.5, 0.6) is 0 Å². The lowest BCUT2D eigenvalue weighted by Gasteiger charge is -2.20. The molecule has 1 aromatic carbocycles. The number of halogens is 1. The highest BCUT2D eigenvalue weighted by atomic mass is 79.9. The second-order valence-electron chi connectivity index (χ2n) is 3.68. The Morgan fingerprint density at radius 1 is 1.15 bits per heavy atom. The van der Waals surface area contributed by atoms with Gasteiger partial charge in [-0.2, -0.15) is 0 Å². The fourth-order valence-corrected chi connectivity index (χ4v) is 2.22. The van der Waals surface area contributed by atoms with E-state index < -0.39 is 0 Å². The van der Waals surface area contributed by atoms with Gasteiger partial charge in [-0.05, 0) is 25.0 Å². The number of piperidine rings is 1. The normalized spacial score (nSPS) is 23.0. The molecular formula is C11H15BrN+. The van der Waals surface area contributed by atoms with Crippen LogP contribution in [0.4, 0.5) is 0 Å². The van der Waals surface area contributed by atoms with Crippen molar-refractivity contribution in [1.82, 2.24) is 0 Å². The monoisotopic (exact) mass is 240 g/mol. The van der Waals surface area contributed by atoms with Gasteiger partial charge in [0, 0.05) is 16.5 Å². The summed E-state index contributed by atoms with van der Waals surface area (Å²) in [6.45, 7) is 1.29. The lowest BCUT2D eigenvalue weighted by atomic mass is 9.98. The maximum Gasteiger partial charge on any atom is 0.112 e. The van der Waals surface area contributed by atoms with Crippen LogP contribution in [0.15, 0.2) is 28.7 Å². The van der Waals surface area contributed by atoms with E-state index in [-0.39, 0.29) is 0 Å².